The predicted octanol–water partition coefficient (Wildman–Crippen LogP) is 7.21. The molecule has 9 N–H and O–H groups in total. The minimum Gasteiger partial charge on any atom is -0.480 e. The van der Waals surface area contributed by atoms with Crippen molar-refractivity contribution in [2.24, 2.45) is 22.0 Å². The van der Waals surface area contributed by atoms with Crippen molar-refractivity contribution < 1.29 is 63.4 Å². The van der Waals surface area contributed by atoms with Crippen molar-refractivity contribution in [3.8, 4) is 0 Å². The number of hydrogen-bond acceptors (Lipinski definition) is 11. The van der Waals surface area contributed by atoms with E-state index in [1.165, 1.54) is 18.2 Å². The molecule has 0 aliphatic heterocycles. The highest BCUT2D eigenvalue weighted by Gasteiger charge is 2.37. The molecule has 61 heavy (non-hydrogen) atoms. The van der Waals surface area contributed by atoms with Gasteiger partial charge >= 0.3 is 36.2 Å². The molecule has 17 heteroatoms. The first kappa shape index (κ1) is 59.9. The first-order valence-corrected chi connectivity index (χ1v) is 19.3. The van der Waals surface area contributed by atoms with Gasteiger partial charge in [0.05, 0.1) is 12.6 Å². The number of carbonyl (C=O) groups is 6. The predicted molar refractivity (Wildman–Crippen MR) is 235 cm³/mol. The van der Waals surface area contributed by atoms with E-state index < -0.39 is 87.4 Å². The monoisotopic (exact) mass is 867 g/mol. The molecular weight excluding hydrogens is 792 g/mol. The fourth-order valence-corrected chi connectivity index (χ4v) is 4.13. The summed E-state index contributed by atoms with van der Waals surface area (Å²) in [4.78, 5) is 67.8. The van der Waals surface area contributed by atoms with E-state index in [4.69, 9.17) is 40.4 Å². The van der Waals surface area contributed by atoms with Crippen LogP contribution < -0.4 is 21.7 Å². The van der Waals surface area contributed by atoms with Crippen molar-refractivity contribution >= 4 is 36.2 Å². The summed E-state index contributed by atoms with van der Waals surface area (Å²) in [7, 11) is 0. The third kappa shape index (κ3) is 27.1. The van der Waals surface area contributed by atoms with E-state index in [1.807, 2.05) is 30.3 Å². The average Bonchev–Trinajstić information content (AvgIpc) is 3.10. The Labute approximate surface area is 362 Å². The van der Waals surface area contributed by atoms with Crippen LogP contribution in [0.2, 0.25) is 0 Å². The maximum Gasteiger partial charge on any atom is 0.408 e. The summed E-state index contributed by atoms with van der Waals surface area (Å²) >= 11 is 0. The van der Waals surface area contributed by atoms with E-state index in [0.717, 1.165) is 5.56 Å². The summed E-state index contributed by atoms with van der Waals surface area (Å²) in [6.45, 7) is 36.1. The standard InChI is InChI=1S/3C12H21NO4.C8H11NO/c3*1-7-12(5,6)8(9(14)15)13-10(16)17-11(2,3)4;9-8(6-10)7-4-2-1-3-5-7/h3*7-8H,1H2,2-6H3,(H,13,16)(H,14,15);1-5,8,10H,6,9H2/t2*8-;;8-/m10.0/s1. The van der Waals surface area contributed by atoms with Crippen LogP contribution in [0.1, 0.15) is 115 Å². The molecule has 0 aliphatic rings. The van der Waals surface area contributed by atoms with Gasteiger partial charge in [0.25, 0.3) is 0 Å². The van der Waals surface area contributed by atoms with E-state index >= 15 is 0 Å². The lowest BCUT2D eigenvalue weighted by Crippen LogP contribution is -2.50. The van der Waals surface area contributed by atoms with Crippen LogP contribution in [0.3, 0.4) is 0 Å². The lowest BCUT2D eigenvalue weighted by Gasteiger charge is -2.29. The Morgan fingerprint density at radius 2 is 0.770 bits per heavy atom. The van der Waals surface area contributed by atoms with Gasteiger partial charge < -0.3 is 56.3 Å². The molecule has 0 aliphatic carbocycles. The Morgan fingerprint density at radius 3 is 0.934 bits per heavy atom. The van der Waals surface area contributed by atoms with E-state index in [0.29, 0.717) is 0 Å². The molecule has 1 aromatic rings. The van der Waals surface area contributed by atoms with E-state index in [-0.39, 0.29) is 12.6 Å². The normalized spacial score (nSPS) is 13.6. The quantitative estimate of drug-likeness (QED) is 0.0678. The van der Waals surface area contributed by atoms with Crippen LogP contribution in [0, 0.1) is 16.2 Å². The molecule has 1 rings (SSSR count). The van der Waals surface area contributed by atoms with Crippen LogP contribution in [-0.2, 0) is 28.6 Å². The molecule has 348 valence electrons. The highest BCUT2D eigenvalue weighted by molar-refractivity contribution is 5.82. The zero-order valence-electron chi connectivity index (χ0n) is 38.8. The molecule has 4 atom stereocenters. The number of alkyl carbamates (subject to hydrolysis) is 3. The molecule has 0 heterocycles. The topological polar surface area (TPSA) is 273 Å². The number of benzene rings is 1. The molecule has 0 spiro atoms. The average molecular weight is 867 g/mol. The van der Waals surface area contributed by atoms with Crippen molar-refractivity contribution in [3.05, 3.63) is 73.9 Å². The van der Waals surface area contributed by atoms with Crippen molar-refractivity contribution in [1.82, 2.24) is 16.0 Å². The van der Waals surface area contributed by atoms with Crippen molar-refractivity contribution in [2.75, 3.05) is 6.61 Å². The Bertz CT molecular complexity index is 1450. The summed E-state index contributed by atoms with van der Waals surface area (Å²) in [6, 6.07) is 6.09. The molecule has 0 saturated heterocycles. The number of aliphatic hydroxyl groups excluding tert-OH is 1. The molecule has 1 aromatic carbocycles. The summed E-state index contributed by atoms with van der Waals surface area (Å²) in [5.41, 5.74) is 2.25. The molecule has 0 radical (unpaired) electrons. The van der Waals surface area contributed by atoms with Gasteiger partial charge in [0.2, 0.25) is 0 Å². The number of rotatable bonds is 14. The number of carbonyl (C=O) groups excluding carboxylic acids is 3. The van der Waals surface area contributed by atoms with Crippen molar-refractivity contribution in [3.63, 3.8) is 0 Å². The summed E-state index contributed by atoms with van der Waals surface area (Å²) in [5, 5.41) is 42.9. The smallest absolute Gasteiger partial charge is 0.408 e. The first-order valence-electron chi connectivity index (χ1n) is 19.3. The second-order valence-electron chi connectivity index (χ2n) is 18.5. The Hall–Kier alpha value is -5.42. The third-order valence-corrected chi connectivity index (χ3v) is 7.96. The van der Waals surface area contributed by atoms with Gasteiger partial charge in [-0.25, -0.2) is 28.8 Å². The van der Waals surface area contributed by atoms with Gasteiger partial charge in [-0.05, 0) is 67.9 Å². The molecule has 17 nitrogen and oxygen atoms in total. The molecule has 3 amide bonds. The number of amides is 3. The Kier molecular flexibility index (Phi) is 24.9. The number of hydrogen-bond donors (Lipinski definition) is 8. The Balaban J connectivity index is -0.000000746. The number of nitrogens with two attached hydrogens (primary N) is 1. The molecule has 0 fully saturated rings. The van der Waals surface area contributed by atoms with Gasteiger partial charge in [0.1, 0.15) is 34.9 Å². The van der Waals surface area contributed by atoms with Crippen molar-refractivity contribution in [1.29, 1.82) is 0 Å². The SMILES string of the molecule is C=CC(C)(C)C(NC(=O)OC(C)(C)C)C(=O)O.C=CC(C)(C)[C@@H](NC(=O)OC(C)(C)C)C(=O)O.C=CC(C)(C)[C@H](NC(=O)OC(C)(C)C)C(=O)O.N[C@@H](CO)c1ccccc1. The summed E-state index contributed by atoms with van der Waals surface area (Å²) in [6.07, 6.45) is 2.22. The largest absolute Gasteiger partial charge is 0.480 e. The van der Waals surface area contributed by atoms with Gasteiger partial charge in [0.15, 0.2) is 0 Å². The second-order valence-corrected chi connectivity index (χ2v) is 18.5. The van der Waals surface area contributed by atoms with Gasteiger partial charge in [-0.15, -0.1) is 19.7 Å². The van der Waals surface area contributed by atoms with Crippen LogP contribution in [0.4, 0.5) is 14.4 Å². The highest BCUT2D eigenvalue weighted by atomic mass is 16.6. The van der Waals surface area contributed by atoms with Crippen LogP contribution in [0.5, 0.6) is 0 Å². The maximum absolute atomic E-state index is 11.5. The number of nitrogens with one attached hydrogen (secondary N) is 3. The van der Waals surface area contributed by atoms with Gasteiger partial charge in [-0.1, -0.05) is 90.1 Å². The zero-order chi connectivity index (χ0) is 49.0. The van der Waals surface area contributed by atoms with Crippen molar-refractivity contribution in [2.45, 2.75) is 145 Å². The molecule has 1 unspecified atom stereocenters. The highest BCUT2D eigenvalue weighted by Crippen LogP contribution is 2.24. The van der Waals surface area contributed by atoms with E-state index in [1.54, 1.807) is 104 Å². The first-order chi connectivity index (χ1) is 27.3. The fourth-order valence-electron chi connectivity index (χ4n) is 4.13. The molecule has 0 saturated carbocycles. The summed E-state index contributed by atoms with van der Waals surface area (Å²) in [5.74, 6) is -3.37. The number of aliphatic hydroxyl groups is 1. The van der Waals surface area contributed by atoms with Crippen LogP contribution >= 0.6 is 0 Å². The number of carboxylic acids is 3. The fraction of sp³-hybridized carbons (Fsp3) is 0.591. The Morgan fingerprint density at radius 1 is 0.541 bits per heavy atom. The van der Waals surface area contributed by atoms with Crippen LogP contribution in [0.15, 0.2) is 68.3 Å². The molecule has 0 aromatic heterocycles. The zero-order valence-corrected chi connectivity index (χ0v) is 38.8. The second kappa shape index (κ2) is 25.4. The third-order valence-electron chi connectivity index (χ3n) is 7.96. The van der Waals surface area contributed by atoms with Gasteiger partial charge in [-0.3, -0.25) is 0 Å². The van der Waals surface area contributed by atoms with E-state index in [9.17, 15) is 28.8 Å². The number of ether oxygens (including phenoxy) is 3. The van der Waals surface area contributed by atoms with E-state index in [2.05, 4.69) is 35.7 Å². The minimum atomic E-state index is -1.12. The minimum absolute atomic E-state index is 0.00398. The molecule has 0 bridgehead atoms. The van der Waals surface area contributed by atoms with Crippen LogP contribution in [-0.4, -0.2) is 98.1 Å². The number of carboxylic acid groups (broad SMARTS) is 3. The number of aliphatic carboxylic acids is 3. The lowest BCUT2D eigenvalue weighted by atomic mass is 9.84. The summed E-state index contributed by atoms with van der Waals surface area (Å²) < 4.78 is 15.0. The van der Waals surface area contributed by atoms with Gasteiger partial charge in [-0.2, -0.15) is 0 Å². The lowest BCUT2D eigenvalue weighted by molar-refractivity contribution is -0.142. The van der Waals surface area contributed by atoms with Gasteiger partial charge in [0, 0.05) is 16.2 Å². The maximum atomic E-state index is 11.5. The van der Waals surface area contributed by atoms with Crippen LogP contribution in [0.25, 0.3) is 0 Å². The molecular formula is C44H74N4O13.